The van der Waals surface area contributed by atoms with Gasteiger partial charge in [0.25, 0.3) is 0 Å². The van der Waals surface area contributed by atoms with Crippen molar-refractivity contribution in [3.63, 3.8) is 0 Å². The molecule has 3 aliphatic rings. The molecule has 3 aliphatic carbocycles. The fourth-order valence-electron chi connectivity index (χ4n) is 3.73. The molecule has 3 rings (SSSR count). The molecule has 0 radical (unpaired) electrons. The molecule has 4 unspecified atom stereocenters. The van der Waals surface area contributed by atoms with Crippen molar-refractivity contribution < 1.29 is 24.8 Å². The molecule has 1 amide bonds. The van der Waals surface area contributed by atoms with E-state index >= 15 is 0 Å². The third kappa shape index (κ3) is 4.50. The molecule has 0 spiro atoms. The van der Waals surface area contributed by atoms with Crippen molar-refractivity contribution >= 4 is 10.7 Å². The fraction of sp³-hybridized carbons (Fsp3) is 0.667. The maximum atomic E-state index is 10.7. The first-order valence-corrected chi connectivity index (χ1v) is 8.89. The molecule has 3 heteroatoms. The van der Waals surface area contributed by atoms with Gasteiger partial charge in [0.1, 0.15) is 0 Å². The minimum atomic E-state index is -0.313. The summed E-state index contributed by atoms with van der Waals surface area (Å²) in [6, 6.07) is 0. The van der Waals surface area contributed by atoms with E-state index in [1.54, 1.807) is 20.0 Å². The Morgan fingerprint density at radius 2 is 1.86 bits per heavy atom. The molecule has 1 N–H and O–H groups in total. The Labute approximate surface area is 141 Å². The van der Waals surface area contributed by atoms with Crippen LogP contribution in [-0.2, 0) is 24.8 Å². The van der Waals surface area contributed by atoms with Gasteiger partial charge in [-0.25, -0.2) is 5.57 Å². The Morgan fingerprint density at radius 1 is 1.24 bits per heavy atom. The molecular weight excluding hydrogens is 294 g/mol. The monoisotopic (exact) mass is 321 g/mol. The number of hydrogen-bond acceptors (Lipinski definition) is 1. The number of nitrogens with one attached hydrogen (secondary N) is 1. The Balaban J connectivity index is 0.000000189. The number of hydrogen-bond donors (Lipinski definition) is 0. The van der Waals surface area contributed by atoms with E-state index in [-0.39, 0.29) is 11.8 Å². The van der Waals surface area contributed by atoms with Crippen LogP contribution in [0.3, 0.4) is 0 Å². The summed E-state index contributed by atoms with van der Waals surface area (Å²) in [5, 5.41) is 0. The molecule has 0 aliphatic heterocycles. The van der Waals surface area contributed by atoms with E-state index in [4.69, 9.17) is 5.73 Å². The second kappa shape index (κ2) is 8.24. The van der Waals surface area contributed by atoms with Gasteiger partial charge in [-0.05, 0) is 31.1 Å². The summed E-state index contributed by atoms with van der Waals surface area (Å²) in [4.78, 5) is 14.0. The van der Waals surface area contributed by atoms with Crippen LogP contribution in [0.25, 0.3) is 5.73 Å². The maximum Gasteiger partial charge on any atom is 0.0522 e. The second-order valence-corrected chi connectivity index (χ2v) is 6.44. The van der Waals surface area contributed by atoms with Gasteiger partial charge in [0.15, 0.2) is 0 Å². The van der Waals surface area contributed by atoms with E-state index < -0.39 is 0 Å². The summed E-state index contributed by atoms with van der Waals surface area (Å²) in [5.41, 5.74) is 11.2. The number of rotatable bonds is 1. The molecule has 0 saturated heterocycles. The zero-order valence-electron chi connectivity index (χ0n) is 13.8. The Morgan fingerprint density at radius 3 is 2.05 bits per heavy atom. The smallest absolute Gasteiger partial charge is 0.0522 e. The van der Waals surface area contributed by atoms with E-state index in [9.17, 15) is 4.79 Å². The van der Waals surface area contributed by atoms with Crippen LogP contribution in [-0.4, -0.2) is 10.7 Å². The van der Waals surface area contributed by atoms with E-state index in [1.165, 1.54) is 36.0 Å². The zero-order chi connectivity index (χ0) is 16.2. The quantitative estimate of drug-likeness (QED) is 0.510. The van der Waals surface area contributed by atoms with Gasteiger partial charge >= 0.3 is 24.8 Å². The second-order valence-electron chi connectivity index (χ2n) is 6.44. The van der Waals surface area contributed by atoms with Gasteiger partial charge in [-0.1, -0.05) is 33.1 Å². The van der Waals surface area contributed by atoms with Crippen LogP contribution in [0.5, 0.6) is 0 Å². The third-order valence-electron chi connectivity index (χ3n) is 5.31. The van der Waals surface area contributed by atoms with Crippen molar-refractivity contribution in [3.05, 3.63) is 28.5 Å². The summed E-state index contributed by atoms with van der Waals surface area (Å²) in [6.07, 6.45) is 8.13. The van der Waals surface area contributed by atoms with Gasteiger partial charge in [-0.15, -0.1) is 6.92 Å². The van der Waals surface area contributed by atoms with Crippen LogP contribution in [0, 0.1) is 29.7 Å². The normalized spacial score (nSPS) is 33.0. The fourth-order valence-corrected chi connectivity index (χ4v) is 3.73. The molecule has 0 aromatic carbocycles. The Hall–Kier alpha value is -0.466. The molecule has 2 fully saturated rings. The van der Waals surface area contributed by atoms with Gasteiger partial charge in [0.2, 0.25) is 0 Å². The average Bonchev–Trinajstić information content (AvgIpc) is 3.15. The van der Waals surface area contributed by atoms with Gasteiger partial charge in [-0.2, -0.15) is 11.1 Å². The molecular formula is C18H27NOTi. The summed E-state index contributed by atoms with van der Waals surface area (Å²) in [6.45, 7) is 8.67. The van der Waals surface area contributed by atoms with Crippen LogP contribution >= 0.6 is 0 Å². The number of amides is 1. The summed E-state index contributed by atoms with van der Waals surface area (Å²) < 4.78 is 0. The van der Waals surface area contributed by atoms with Crippen molar-refractivity contribution in [2.45, 2.75) is 53.4 Å². The van der Waals surface area contributed by atoms with Crippen molar-refractivity contribution in [3.8, 4) is 0 Å². The Kier molecular flexibility index (Phi) is 7.29. The molecule has 4 atom stereocenters. The molecule has 0 heterocycles. The summed E-state index contributed by atoms with van der Waals surface area (Å²) in [7, 11) is 0. The van der Waals surface area contributed by atoms with Gasteiger partial charge < -0.3 is 10.5 Å². The van der Waals surface area contributed by atoms with Crippen molar-refractivity contribution in [1.29, 1.82) is 0 Å². The van der Waals surface area contributed by atoms with E-state index in [0.717, 1.165) is 12.3 Å². The molecule has 114 valence electrons. The van der Waals surface area contributed by atoms with E-state index in [0.29, 0.717) is 11.8 Å². The number of fused-ring (bicyclic) bond motifs is 2. The number of allylic oxidation sites excluding steroid dienone is 4. The molecule has 2 saturated carbocycles. The topological polar surface area (TPSA) is 40.9 Å². The van der Waals surface area contributed by atoms with Gasteiger partial charge in [-0.3, -0.25) is 6.08 Å². The number of carbonyl (C=O) groups excluding carboxylic acids is 1. The largest absolute Gasteiger partial charge is 0.668 e. The SMILES string of the molecule is CC1=[C-]C(C)C(C)=C1C.[CH2]=[Ti+2].[NH-]C(=O)C1CC2CCC1C2. The predicted molar refractivity (Wildman–Crippen MR) is 85.4 cm³/mol. The maximum absolute atomic E-state index is 10.7. The van der Waals surface area contributed by atoms with Gasteiger partial charge in [0.05, 0.1) is 5.91 Å². The molecule has 2 nitrogen and oxygen atoms in total. The van der Waals surface area contributed by atoms with Crippen molar-refractivity contribution in [2.24, 2.45) is 23.7 Å². The molecule has 0 aromatic rings. The summed E-state index contributed by atoms with van der Waals surface area (Å²) >= 11 is 1.75. The number of carbonyl (C=O) groups is 1. The standard InChI is InChI=1S/C9H13.C8H13NO.CH2.Ti/c1-6-5-7(2)9(4)8(6)3;9-8(10)7-4-5-1-2-6(7)3-5;;/h6H,1-4H3;5-7H,1-4H2,(H2,9,10);1H2;/q-1;;;+2/p-1. The van der Waals surface area contributed by atoms with Crippen LogP contribution in [0.1, 0.15) is 53.4 Å². The van der Waals surface area contributed by atoms with Crippen molar-refractivity contribution in [1.82, 2.24) is 0 Å². The van der Waals surface area contributed by atoms with Gasteiger partial charge in [0, 0.05) is 5.92 Å². The first-order valence-electron chi connectivity index (χ1n) is 7.78. The van der Waals surface area contributed by atoms with E-state index in [1.807, 2.05) is 0 Å². The molecule has 2 bridgehead atoms. The predicted octanol–water partition coefficient (Wildman–Crippen LogP) is 4.69. The van der Waals surface area contributed by atoms with Crippen LogP contribution < -0.4 is 0 Å². The minimum Gasteiger partial charge on any atom is -0.668 e. The first-order chi connectivity index (χ1) is 9.90. The average molecular weight is 321 g/mol. The zero-order valence-corrected chi connectivity index (χ0v) is 15.3. The van der Waals surface area contributed by atoms with Crippen molar-refractivity contribution in [2.75, 3.05) is 0 Å². The molecule has 21 heavy (non-hydrogen) atoms. The first kappa shape index (κ1) is 18.6. The summed E-state index contributed by atoms with van der Waals surface area (Å²) in [5.74, 6) is 1.76. The van der Waals surface area contributed by atoms with Crippen LogP contribution in [0.4, 0.5) is 0 Å². The Bertz CT molecular complexity index is 452. The molecule has 0 aromatic heterocycles. The van der Waals surface area contributed by atoms with Crippen LogP contribution in [0.2, 0.25) is 0 Å². The van der Waals surface area contributed by atoms with E-state index in [2.05, 4.69) is 38.6 Å². The minimum absolute atomic E-state index is 0.124. The van der Waals surface area contributed by atoms with Crippen LogP contribution in [0.15, 0.2) is 16.7 Å². The third-order valence-corrected chi connectivity index (χ3v) is 5.31.